The van der Waals surface area contributed by atoms with Crippen LogP contribution in [0.5, 0.6) is 11.5 Å². The van der Waals surface area contributed by atoms with Crippen molar-refractivity contribution in [2.24, 2.45) is 4.99 Å². The van der Waals surface area contributed by atoms with Crippen LogP contribution in [0.15, 0.2) is 87.8 Å². The van der Waals surface area contributed by atoms with Crippen LogP contribution in [0.25, 0.3) is 6.08 Å². The smallest absolute Gasteiger partial charge is 0.338 e. The molecule has 4 aromatic rings. The molecule has 0 saturated heterocycles. The number of rotatable bonds is 11. The normalized spacial score (nSPS) is 14.7. The summed E-state index contributed by atoms with van der Waals surface area (Å²) >= 11 is 7.59. The largest absolute Gasteiger partial charge is 0.493 e. The number of ether oxygens (including phenoxy) is 3. The van der Waals surface area contributed by atoms with E-state index >= 15 is 0 Å². The molecule has 0 N–H and O–H groups in total. The van der Waals surface area contributed by atoms with Crippen molar-refractivity contribution >= 4 is 35.0 Å². The van der Waals surface area contributed by atoms with Crippen molar-refractivity contribution in [2.45, 2.75) is 59.1 Å². The standard InChI is InChI=1S/C36H37ClN2O5S/c1-6-10-28-32(35(41)43-7-2)33(25-16-14-24(15-17-25)22(3)4)39-34(40)31(45-36(39)38-28)20-23-13-18-29(30(19-23)42-5)44-21-26-11-8-9-12-27(26)37/h8-9,11-20,22,33H,6-7,10,21H2,1-5H3/b31-20-/t33-/m1/s1. The van der Waals surface area contributed by atoms with E-state index in [1.165, 1.54) is 16.9 Å². The van der Waals surface area contributed by atoms with Crippen LogP contribution in [0.1, 0.15) is 74.8 Å². The molecule has 1 atom stereocenters. The highest BCUT2D eigenvalue weighted by Gasteiger charge is 2.34. The summed E-state index contributed by atoms with van der Waals surface area (Å²) in [5.74, 6) is 0.987. The number of carbonyl (C=O) groups is 1. The molecule has 0 unspecified atom stereocenters. The van der Waals surface area contributed by atoms with Gasteiger partial charge in [0, 0.05) is 10.6 Å². The zero-order valence-electron chi connectivity index (χ0n) is 26.1. The van der Waals surface area contributed by atoms with E-state index in [2.05, 4.69) is 26.0 Å². The molecule has 0 saturated carbocycles. The lowest BCUT2D eigenvalue weighted by Crippen LogP contribution is -2.40. The molecule has 7 nitrogen and oxygen atoms in total. The van der Waals surface area contributed by atoms with Crippen molar-refractivity contribution in [1.82, 2.24) is 4.57 Å². The highest BCUT2D eigenvalue weighted by atomic mass is 35.5. The summed E-state index contributed by atoms with van der Waals surface area (Å²) in [6, 6.07) is 20.5. The van der Waals surface area contributed by atoms with Crippen LogP contribution in [0, 0.1) is 0 Å². The lowest BCUT2D eigenvalue weighted by atomic mass is 9.92. The number of carbonyl (C=O) groups excluding carboxylic acids is 1. The van der Waals surface area contributed by atoms with Crippen LogP contribution in [0.2, 0.25) is 5.02 Å². The number of hydrogen-bond acceptors (Lipinski definition) is 7. The molecule has 45 heavy (non-hydrogen) atoms. The van der Waals surface area contributed by atoms with E-state index in [0.29, 0.717) is 49.5 Å². The number of methoxy groups -OCH3 is 1. The number of hydrogen-bond donors (Lipinski definition) is 0. The number of nitrogens with zero attached hydrogens (tertiary/aromatic N) is 2. The van der Waals surface area contributed by atoms with Crippen LogP contribution in [0.4, 0.5) is 0 Å². The zero-order chi connectivity index (χ0) is 32.1. The molecule has 0 radical (unpaired) electrons. The maximum atomic E-state index is 14.1. The average molecular weight is 645 g/mol. The number of halogens is 1. The second-order valence-corrected chi connectivity index (χ2v) is 12.4. The van der Waals surface area contributed by atoms with Gasteiger partial charge in [-0.2, -0.15) is 0 Å². The van der Waals surface area contributed by atoms with E-state index in [0.717, 1.165) is 23.1 Å². The van der Waals surface area contributed by atoms with Gasteiger partial charge in [-0.05, 0) is 60.2 Å². The molecular weight excluding hydrogens is 608 g/mol. The number of allylic oxidation sites excluding steroid dienone is 1. The van der Waals surface area contributed by atoms with Crippen LogP contribution in [0.3, 0.4) is 0 Å². The lowest BCUT2D eigenvalue weighted by Gasteiger charge is -2.26. The van der Waals surface area contributed by atoms with E-state index in [-0.39, 0.29) is 18.8 Å². The molecule has 0 amide bonds. The number of esters is 1. The Kier molecular flexibility index (Phi) is 10.3. The van der Waals surface area contributed by atoms with Gasteiger partial charge in [0.15, 0.2) is 16.3 Å². The Bertz CT molecular complexity index is 1910. The third-order valence-corrected chi connectivity index (χ3v) is 8.99. The lowest BCUT2D eigenvalue weighted by molar-refractivity contribution is -0.139. The van der Waals surface area contributed by atoms with E-state index in [4.69, 9.17) is 30.8 Å². The molecule has 1 aliphatic heterocycles. The molecule has 9 heteroatoms. The van der Waals surface area contributed by atoms with Crippen molar-refractivity contribution in [3.8, 4) is 11.5 Å². The molecule has 5 rings (SSSR count). The first kappa shape index (κ1) is 32.3. The molecule has 0 spiro atoms. The Morgan fingerprint density at radius 3 is 2.49 bits per heavy atom. The number of benzene rings is 3. The van der Waals surface area contributed by atoms with Crippen LogP contribution in [-0.4, -0.2) is 24.3 Å². The fourth-order valence-corrected chi connectivity index (χ4v) is 6.53. The number of fused-ring (bicyclic) bond motifs is 1. The quantitative estimate of drug-likeness (QED) is 0.165. The fourth-order valence-electron chi connectivity index (χ4n) is 5.32. The van der Waals surface area contributed by atoms with Crippen LogP contribution >= 0.6 is 22.9 Å². The van der Waals surface area contributed by atoms with Gasteiger partial charge in [0.1, 0.15) is 6.61 Å². The Labute approximate surface area is 272 Å². The van der Waals surface area contributed by atoms with Crippen molar-refractivity contribution in [2.75, 3.05) is 13.7 Å². The number of aromatic nitrogens is 1. The second-order valence-electron chi connectivity index (χ2n) is 11.0. The molecule has 1 aromatic heterocycles. The van der Waals surface area contributed by atoms with Crippen LogP contribution in [-0.2, 0) is 16.1 Å². The summed E-state index contributed by atoms with van der Waals surface area (Å²) in [6.07, 6.45) is 3.20. The van der Waals surface area contributed by atoms with Crippen molar-refractivity contribution in [1.29, 1.82) is 0 Å². The first-order chi connectivity index (χ1) is 21.7. The SMILES string of the molecule is CCCC1=C(C(=O)OCC)[C@@H](c2ccc(C(C)C)cc2)n2c(s/c(=C\c3ccc(OCc4ccccc4Cl)c(OC)c3)c2=O)=N1. The van der Waals surface area contributed by atoms with Crippen molar-refractivity contribution < 1.29 is 19.0 Å². The topological polar surface area (TPSA) is 79.1 Å². The van der Waals surface area contributed by atoms with Crippen molar-refractivity contribution in [3.05, 3.63) is 125 Å². The second kappa shape index (κ2) is 14.3. The summed E-state index contributed by atoms with van der Waals surface area (Å²) in [5.41, 5.74) is 4.48. The van der Waals surface area contributed by atoms with Gasteiger partial charge in [0.05, 0.1) is 35.6 Å². The summed E-state index contributed by atoms with van der Waals surface area (Å²) < 4.78 is 19.3. The monoisotopic (exact) mass is 644 g/mol. The minimum absolute atomic E-state index is 0.227. The van der Waals surface area contributed by atoms with Gasteiger partial charge < -0.3 is 14.2 Å². The molecule has 0 bridgehead atoms. The predicted molar refractivity (Wildman–Crippen MR) is 179 cm³/mol. The highest BCUT2D eigenvalue weighted by molar-refractivity contribution is 7.07. The van der Waals surface area contributed by atoms with Crippen molar-refractivity contribution in [3.63, 3.8) is 0 Å². The van der Waals surface area contributed by atoms with Gasteiger partial charge >= 0.3 is 5.97 Å². The van der Waals surface area contributed by atoms with Gasteiger partial charge in [0.25, 0.3) is 5.56 Å². The maximum absolute atomic E-state index is 14.1. The third kappa shape index (κ3) is 6.92. The summed E-state index contributed by atoms with van der Waals surface area (Å²) in [5, 5.41) is 0.630. The zero-order valence-corrected chi connectivity index (χ0v) is 27.7. The summed E-state index contributed by atoms with van der Waals surface area (Å²) in [6.45, 7) is 8.60. The Balaban J connectivity index is 1.59. The fraction of sp³-hybridized carbons (Fsp3) is 0.306. The number of thiazole rings is 1. The Morgan fingerprint density at radius 2 is 1.82 bits per heavy atom. The first-order valence-corrected chi connectivity index (χ1v) is 16.3. The molecular formula is C36H37ClN2O5S. The summed E-state index contributed by atoms with van der Waals surface area (Å²) in [7, 11) is 1.58. The first-order valence-electron chi connectivity index (χ1n) is 15.1. The molecule has 0 fully saturated rings. The third-order valence-electron chi connectivity index (χ3n) is 7.64. The molecule has 3 aromatic carbocycles. The average Bonchev–Trinajstić information content (AvgIpc) is 3.34. The van der Waals surface area contributed by atoms with E-state index in [9.17, 15) is 9.59 Å². The maximum Gasteiger partial charge on any atom is 0.338 e. The minimum Gasteiger partial charge on any atom is -0.493 e. The van der Waals surface area contributed by atoms with E-state index < -0.39 is 12.0 Å². The predicted octanol–water partition coefficient (Wildman–Crippen LogP) is 6.94. The minimum atomic E-state index is -0.652. The molecule has 2 heterocycles. The van der Waals surface area contributed by atoms with Crippen LogP contribution < -0.4 is 24.4 Å². The van der Waals surface area contributed by atoms with Gasteiger partial charge in [-0.3, -0.25) is 9.36 Å². The molecule has 0 aliphatic carbocycles. The van der Waals surface area contributed by atoms with Gasteiger partial charge in [-0.1, -0.05) is 98.7 Å². The van der Waals surface area contributed by atoms with Gasteiger partial charge in [0.2, 0.25) is 0 Å². The Hall–Kier alpha value is -4.14. The summed E-state index contributed by atoms with van der Waals surface area (Å²) in [4.78, 5) is 33.0. The van der Waals surface area contributed by atoms with Gasteiger partial charge in [-0.15, -0.1) is 0 Å². The molecule has 234 valence electrons. The van der Waals surface area contributed by atoms with E-state index in [1.54, 1.807) is 18.6 Å². The molecule has 1 aliphatic rings. The van der Waals surface area contributed by atoms with Gasteiger partial charge in [-0.25, -0.2) is 9.79 Å². The highest BCUT2D eigenvalue weighted by Crippen LogP contribution is 2.34. The Morgan fingerprint density at radius 1 is 1.07 bits per heavy atom. The van der Waals surface area contributed by atoms with E-state index in [1.807, 2.05) is 67.6 Å².